The minimum absolute atomic E-state index is 0. The molecule has 1 atom stereocenters. The maximum absolute atomic E-state index is 3.91. The summed E-state index contributed by atoms with van der Waals surface area (Å²) in [4.78, 5) is 1.42. The maximum Gasteiger partial charge on any atom is 0.107 e. The van der Waals surface area contributed by atoms with Gasteiger partial charge < -0.3 is 21.6 Å². The van der Waals surface area contributed by atoms with Gasteiger partial charge in [0, 0.05) is 5.56 Å². The van der Waals surface area contributed by atoms with E-state index in [1.807, 2.05) is 18.2 Å². The molecule has 0 heterocycles. The average molecular weight is 216 g/mol. The molecule has 0 radical (unpaired) electrons. The van der Waals surface area contributed by atoms with Crippen LogP contribution in [0.25, 0.3) is 0 Å². The first-order valence-corrected chi connectivity index (χ1v) is 4.68. The molecule has 1 aromatic rings. The van der Waals surface area contributed by atoms with Crippen LogP contribution in [0.1, 0.15) is 18.5 Å². The highest BCUT2D eigenvalue weighted by Crippen LogP contribution is 2.04. The number of rotatable bonds is 1. The Morgan fingerprint density at radius 2 is 1.33 bits per heavy atom. The van der Waals surface area contributed by atoms with Gasteiger partial charge in [0.15, 0.2) is 0 Å². The van der Waals surface area contributed by atoms with E-state index in [4.69, 9.17) is 0 Å². The van der Waals surface area contributed by atoms with Gasteiger partial charge in [0.1, 0.15) is 6.04 Å². The van der Waals surface area contributed by atoms with Crippen LogP contribution in [0.5, 0.6) is 0 Å². The molecule has 0 aliphatic rings. The molecule has 1 aromatic carbocycles. The molecule has 4 nitrogen and oxygen atoms in total. The Bertz CT molecular complexity index is 210. The van der Waals surface area contributed by atoms with Gasteiger partial charge in [-0.25, -0.2) is 0 Å². The number of benzene rings is 1. The highest BCUT2D eigenvalue weighted by atomic mass is 16.0. The minimum Gasteiger partial charge on any atom is -0.870 e. The molecule has 0 spiro atoms. The second-order valence-corrected chi connectivity index (χ2v) is 3.81. The SMILES string of the molecule is CC([NH3+])c1ccccc1.C[NH+](C)C.[OH-].[OH-]. The van der Waals surface area contributed by atoms with Crippen LogP contribution in [0, 0.1) is 0 Å². The fourth-order valence-corrected chi connectivity index (χ4v) is 0.782. The zero-order valence-corrected chi connectivity index (χ0v) is 10.1. The predicted molar refractivity (Wildman–Crippen MR) is 60.4 cm³/mol. The Hall–Kier alpha value is -0.940. The van der Waals surface area contributed by atoms with E-state index in [1.54, 1.807) is 0 Å². The number of hydrogen-bond acceptors (Lipinski definition) is 2. The molecule has 0 bridgehead atoms. The summed E-state index contributed by atoms with van der Waals surface area (Å²) in [6.07, 6.45) is 0. The highest BCUT2D eigenvalue weighted by Gasteiger charge is 1.97. The van der Waals surface area contributed by atoms with Crippen molar-refractivity contribution in [2.45, 2.75) is 13.0 Å². The lowest BCUT2D eigenvalue weighted by Gasteiger charge is -1.98. The number of quaternary nitrogens is 2. The molecule has 0 aliphatic heterocycles. The van der Waals surface area contributed by atoms with E-state index in [-0.39, 0.29) is 11.0 Å². The van der Waals surface area contributed by atoms with Crippen LogP contribution in [0.2, 0.25) is 0 Å². The lowest BCUT2D eigenvalue weighted by atomic mass is 10.1. The van der Waals surface area contributed by atoms with Crippen molar-refractivity contribution in [1.82, 2.24) is 0 Å². The molecular weight excluding hydrogens is 192 g/mol. The second-order valence-electron chi connectivity index (χ2n) is 3.81. The summed E-state index contributed by atoms with van der Waals surface area (Å²) in [5.74, 6) is 0. The topological polar surface area (TPSA) is 92.1 Å². The number of hydrogen-bond donors (Lipinski definition) is 2. The lowest BCUT2D eigenvalue weighted by molar-refractivity contribution is -0.836. The Morgan fingerprint density at radius 3 is 1.53 bits per heavy atom. The fraction of sp³-hybridized carbons (Fsp3) is 0.455. The van der Waals surface area contributed by atoms with Crippen molar-refractivity contribution in [3.8, 4) is 0 Å². The Morgan fingerprint density at radius 1 is 1.00 bits per heavy atom. The largest absolute Gasteiger partial charge is 0.870 e. The van der Waals surface area contributed by atoms with Gasteiger partial charge in [0.25, 0.3) is 0 Å². The van der Waals surface area contributed by atoms with Crippen molar-refractivity contribution in [3.63, 3.8) is 0 Å². The normalized spacial score (nSPS) is 10.3. The van der Waals surface area contributed by atoms with Crippen molar-refractivity contribution in [1.29, 1.82) is 0 Å². The molecule has 0 aliphatic carbocycles. The van der Waals surface area contributed by atoms with Gasteiger partial charge in [-0.05, 0) is 6.92 Å². The quantitative estimate of drug-likeness (QED) is 0.656. The molecule has 1 rings (SSSR count). The average Bonchev–Trinajstić information content (AvgIpc) is 2.05. The molecule has 0 fully saturated rings. The van der Waals surface area contributed by atoms with Crippen molar-refractivity contribution in [2.24, 2.45) is 0 Å². The van der Waals surface area contributed by atoms with E-state index in [0.717, 1.165) is 0 Å². The van der Waals surface area contributed by atoms with Crippen LogP contribution in [0.3, 0.4) is 0 Å². The molecule has 0 saturated carbocycles. The Kier molecular flexibility index (Phi) is 14.6. The Labute approximate surface area is 92.3 Å². The van der Waals surface area contributed by atoms with Crippen LogP contribution >= 0.6 is 0 Å². The summed E-state index contributed by atoms with van der Waals surface area (Å²) in [5, 5.41) is 0. The monoisotopic (exact) mass is 216 g/mol. The molecular formula is C11H24N2O2. The third-order valence-electron chi connectivity index (χ3n) is 1.37. The summed E-state index contributed by atoms with van der Waals surface area (Å²) in [5.41, 5.74) is 5.21. The lowest BCUT2D eigenvalue weighted by Crippen LogP contribution is -3.02. The van der Waals surface area contributed by atoms with E-state index in [1.165, 1.54) is 10.5 Å². The maximum atomic E-state index is 3.91. The zero-order chi connectivity index (χ0) is 10.3. The smallest absolute Gasteiger partial charge is 0.107 e. The third-order valence-corrected chi connectivity index (χ3v) is 1.37. The van der Waals surface area contributed by atoms with Gasteiger partial charge in [-0.2, -0.15) is 0 Å². The van der Waals surface area contributed by atoms with Crippen LogP contribution < -0.4 is 10.6 Å². The number of nitrogens with one attached hydrogen (secondary N) is 1. The molecule has 6 N–H and O–H groups in total. The highest BCUT2D eigenvalue weighted by molar-refractivity contribution is 5.15. The summed E-state index contributed by atoms with van der Waals surface area (Å²) >= 11 is 0. The molecule has 90 valence electrons. The zero-order valence-electron chi connectivity index (χ0n) is 10.1. The second kappa shape index (κ2) is 11.1. The molecule has 1 unspecified atom stereocenters. The molecule has 15 heavy (non-hydrogen) atoms. The standard InChI is InChI=1S/C8H11N.C3H9N.2H2O/c1-7(9)8-5-3-2-4-6-8;1-4(2)3;;/h2-7H,9H2,1H3;1-3H3;2*1H2. The van der Waals surface area contributed by atoms with E-state index in [0.29, 0.717) is 6.04 Å². The van der Waals surface area contributed by atoms with Gasteiger partial charge in [0.2, 0.25) is 0 Å². The van der Waals surface area contributed by atoms with Crippen LogP contribution in [-0.2, 0) is 0 Å². The van der Waals surface area contributed by atoms with Crippen LogP contribution in [0.4, 0.5) is 0 Å². The van der Waals surface area contributed by atoms with Crippen LogP contribution in [-0.4, -0.2) is 32.1 Å². The summed E-state index contributed by atoms with van der Waals surface area (Å²) in [7, 11) is 6.25. The summed E-state index contributed by atoms with van der Waals surface area (Å²) < 4.78 is 0. The minimum atomic E-state index is 0. The molecule has 0 aromatic heterocycles. The van der Waals surface area contributed by atoms with E-state index in [9.17, 15) is 0 Å². The first-order chi connectivity index (χ1) is 6.04. The van der Waals surface area contributed by atoms with E-state index < -0.39 is 0 Å². The van der Waals surface area contributed by atoms with E-state index in [2.05, 4.69) is 45.9 Å². The van der Waals surface area contributed by atoms with Crippen molar-refractivity contribution < 1.29 is 21.6 Å². The van der Waals surface area contributed by atoms with Crippen LogP contribution in [0.15, 0.2) is 30.3 Å². The Balaban J connectivity index is -0.000000213. The summed E-state index contributed by atoms with van der Waals surface area (Å²) in [6, 6.07) is 10.7. The first-order valence-electron chi connectivity index (χ1n) is 4.68. The molecule has 0 saturated heterocycles. The van der Waals surface area contributed by atoms with Crippen molar-refractivity contribution in [2.75, 3.05) is 21.1 Å². The fourth-order valence-electron chi connectivity index (χ4n) is 0.782. The first kappa shape index (κ1) is 19.6. The van der Waals surface area contributed by atoms with Gasteiger partial charge >= 0.3 is 0 Å². The van der Waals surface area contributed by atoms with Gasteiger partial charge in [-0.1, -0.05) is 30.3 Å². The predicted octanol–water partition coefficient (Wildman–Crippen LogP) is -0.603. The van der Waals surface area contributed by atoms with Crippen molar-refractivity contribution >= 4 is 0 Å². The van der Waals surface area contributed by atoms with Gasteiger partial charge in [-0.15, -0.1) is 0 Å². The van der Waals surface area contributed by atoms with Gasteiger partial charge in [0.05, 0.1) is 21.1 Å². The third kappa shape index (κ3) is 13.1. The molecule has 0 amide bonds. The molecule has 4 heteroatoms. The summed E-state index contributed by atoms with van der Waals surface area (Å²) in [6.45, 7) is 2.09. The van der Waals surface area contributed by atoms with E-state index >= 15 is 0 Å². The van der Waals surface area contributed by atoms with Crippen molar-refractivity contribution in [3.05, 3.63) is 35.9 Å². The van der Waals surface area contributed by atoms with Gasteiger partial charge in [-0.3, -0.25) is 0 Å².